The lowest BCUT2D eigenvalue weighted by atomic mass is 10.2. The predicted octanol–water partition coefficient (Wildman–Crippen LogP) is 2.51. The molecule has 1 N–H and O–H groups in total. The topological polar surface area (TPSA) is 41.6 Å². The Bertz CT molecular complexity index is 504. The Balaban J connectivity index is 2.55. The van der Waals surface area contributed by atoms with E-state index in [0.29, 0.717) is 4.64 Å². The first-order valence-electron chi connectivity index (χ1n) is 4.23. The molecule has 0 bridgehead atoms. The summed E-state index contributed by atoms with van der Waals surface area (Å²) < 4.78 is 0.591. The van der Waals surface area contributed by atoms with E-state index in [0.717, 1.165) is 17.0 Å². The first kappa shape index (κ1) is 9.02. The van der Waals surface area contributed by atoms with Gasteiger partial charge in [0.25, 0.3) is 0 Å². The molecule has 2 aromatic rings. The summed E-state index contributed by atoms with van der Waals surface area (Å²) in [6.45, 7) is 1.96. The van der Waals surface area contributed by atoms with Crippen LogP contribution in [0.2, 0.25) is 0 Å². The third kappa shape index (κ3) is 1.85. The van der Waals surface area contributed by atoms with Gasteiger partial charge in [0.05, 0.1) is 6.33 Å². The first-order chi connectivity index (χ1) is 6.75. The average Bonchev–Trinajstić information content (AvgIpc) is 2.18. The van der Waals surface area contributed by atoms with E-state index in [1.54, 1.807) is 12.5 Å². The van der Waals surface area contributed by atoms with Gasteiger partial charge in [-0.2, -0.15) is 0 Å². The Morgan fingerprint density at radius 1 is 1.29 bits per heavy atom. The molecule has 0 unspecified atom stereocenters. The molecular formula is C10H9N3S. The van der Waals surface area contributed by atoms with Crippen LogP contribution in [-0.4, -0.2) is 15.0 Å². The highest BCUT2D eigenvalue weighted by Crippen LogP contribution is 2.15. The van der Waals surface area contributed by atoms with Gasteiger partial charge in [-0.05, 0) is 25.1 Å². The second kappa shape index (κ2) is 3.67. The van der Waals surface area contributed by atoms with Crippen LogP contribution in [0.5, 0.6) is 0 Å². The number of aromatic nitrogens is 3. The molecule has 0 saturated heterocycles. The molecule has 14 heavy (non-hydrogen) atoms. The second-order valence-corrected chi connectivity index (χ2v) is 3.40. The smallest absolute Gasteiger partial charge is 0.130 e. The maximum absolute atomic E-state index is 4.99. The largest absolute Gasteiger partial charge is 0.346 e. The summed E-state index contributed by atoms with van der Waals surface area (Å²) in [5, 5.41) is 0. The zero-order chi connectivity index (χ0) is 9.97. The van der Waals surface area contributed by atoms with Crippen molar-refractivity contribution >= 4 is 12.2 Å². The minimum absolute atomic E-state index is 0.591. The summed E-state index contributed by atoms with van der Waals surface area (Å²) in [5.41, 5.74) is 3.03. The second-order valence-electron chi connectivity index (χ2n) is 2.98. The Morgan fingerprint density at radius 2 is 2.14 bits per heavy atom. The zero-order valence-corrected chi connectivity index (χ0v) is 8.51. The minimum Gasteiger partial charge on any atom is -0.346 e. The van der Waals surface area contributed by atoms with Gasteiger partial charge >= 0.3 is 0 Å². The van der Waals surface area contributed by atoms with Gasteiger partial charge in [-0.25, -0.2) is 4.98 Å². The maximum atomic E-state index is 4.99. The van der Waals surface area contributed by atoms with Gasteiger partial charge in [-0.1, -0.05) is 12.2 Å². The highest BCUT2D eigenvalue weighted by molar-refractivity contribution is 7.71. The molecule has 0 fully saturated rings. The number of rotatable bonds is 1. The summed E-state index contributed by atoms with van der Waals surface area (Å²) in [6.07, 6.45) is 3.38. The number of nitrogens with zero attached hydrogens (tertiary/aromatic N) is 2. The summed E-state index contributed by atoms with van der Waals surface area (Å²) >= 11 is 4.99. The van der Waals surface area contributed by atoms with Crippen molar-refractivity contribution in [2.45, 2.75) is 6.92 Å². The van der Waals surface area contributed by atoms with Crippen molar-refractivity contribution < 1.29 is 0 Å². The van der Waals surface area contributed by atoms with Gasteiger partial charge in [0, 0.05) is 23.1 Å². The molecule has 0 amide bonds. The van der Waals surface area contributed by atoms with E-state index in [1.165, 1.54) is 0 Å². The molecular weight excluding hydrogens is 194 g/mol. The molecule has 0 saturated carbocycles. The van der Waals surface area contributed by atoms with Crippen LogP contribution in [0.4, 0.5) is 0 Å². The Labute approximate surface area is 86.9 Å². The monoisotopic (exact) mass is 203 g/mol. The van der Waals surface area contributed by atoms with Crippen LogP contribution in [-0.2, 0) is 0 Å². The van der Waals surface area contributed by atoms with Crippen molar-refractivity contribution in [2.75, 3.05) is 0 Å². The molecule has 0 radical (unpaired) electrons. The molecule has 0 atom stereocenters. The van der Waals surface area contributed by atoms with E-state index in [4.69, 9.17) is 12.2 Å². The fourth-order valence-corrected chi connectivity index (χ4v) is 1.42. The highest BCUT2D eigenvalue weighted by atomic mass is 32.1. The van der Waals surface area contributed by atoms with E-state index >= 15 is 0 Å². The van der Waals surface area contributed by atoms with Gasteiger partial charge in [-0.3, -0.25) is 4.98 Å². The number of hydrogen-bond acceptors (Lipinski definition) is 3. The summed E-state index contributed by atoms with van der Waals surface area (Å²) in [6, 6.07) is 5.78. The Hall–Kier alpha value is -1.55. The molecule has 70 valence electrons. The lowest BCUT2D eigenvalue weighted by Crippen LogP contribution is -1.87. The van der Waals surface area contributed by atoms with Crippen LogP contribution < -0.4 is 0 Å². The van der Waals surface area contributed by atoms with E-state index in [9.17, 15) is 0 Å². The van der Waals surface area contributed by atoms with Crippen molar-refractivity contribution in [2.24, 2.45) is 0 Å². The quantitative estimate of drug-likeness (QED) is 0.724. The molecule has 0 aliphatic carbocycles. The standard InChI is InChI=1S/C10H9N3S/c1-7-4-8(2-3-11-7)9-5-10(14)13-6-12-9/h2-6H,1H3,(H,12,13,14). The summed E-state index contributed by atoms with van der Waals surface area (Å²) in [4.78, 5) is 11.1. The Morgan fingerprint density at radius 3 is 2.86 bits per heavy atom. The fourth-order valence-electron chi connectivity index (χ4n) is 1.25. The van der Waals surface area contributed by atoms with Gasteiger partial charge in [0.15, 0.2) is 0 Å². The first-order valence-corrected chi connectivity index (χ1v) is 4.64. The van der Waals surface area contributed by atoms with Crippen LogP contribution in [0.15, 0.2) is 30.7 Å². The summed E-state index contributed by atoms with van der Waals surface area (Å²) in [7, 11) is 0. The summed E-state index contributed by atoms with van der Waals surface area (Å²) in [5.74, 6) is 0. The zero-order valence-electron chi connectivity index (χ0n) is 7.69. The van der Waals surface area contributed by atoms with Crippen LogP contribution in [0.25, 0.3) is 11.3 Å². The lowest BCUT2D eigenvalue weighted by molar-refractivity contribution is 1.14. The number of nitrogens with one attached hydrogen (secondary N) is 1. The van der Waals surface area contributed by atoms with Crippen LogP contribution in [0, 0.1) is 11.6 Å². The van der Waals surface area contributed by atoms with E-state index in [2.05, 4.69) is 15.0 Å². The predicted molar refractivity (Wildman–Crippen MR) is 57.4 cm³/mol. The molecule has 2 rings (SSSR count). The van der Waals surface area contributed by atoms with Crippen molar-refractivity contribution in [3.63, 3.8) is 0 Å². The van der Waals surface area contributed by atoms with Crippen LogP contribution >= 0.6 is 12.2 Å². The van der Waals surface area contributed by atoms with Crippen molar-refractivity contribution in [3.05, 3.63) is 41.1 Å². The molecule has 0 aliphatic rings. The van der Waals surface area contributed by atoms with E-state index < -0.39 is 0 Å². The van der Waals surface area contributed by atoms with Gasteiger partial charge in [0.1, 0.15) is 4.64 Å². The lowest BCUT2D eigenvalue weighted by Gasteiger charge is -2.01. The van der Waals surface area contributed by atoms with E-state index in [1.807, 2.05) is 25.1 Å². The molecule has 4 heteroatoms. The third-order valence-corrected chi connectivity index (χ3v) is 2.11. The number of aryl methyl sites for hydroxylation is 1. The molecule has 3 nitrogen and oxygen atoms in total. The minimum atomic E-state index is 0.591. The normalized spacial score (nSPS) is 10.1. The van der Waals surface area contributed by atoms with E-state index in [-0.39, 0.29) is 0 Å². The van der Waals surface area contributed by atoms with Crippen LogP contribution in [0.3, 0.4) is 0 Å². The van der Waals surface area contributed by atoms with Gasteiger partial charge in [0.2, 0.25) is 0 Å². The average molecular weight is 203 g/mol. The highest BCUT2D eigenvalue weighted by Gasteiger charge is 1.97. The van der Waals surface area contributed by atoms with Crippen molar-refractivity contribution in [3.8, 4) is 11.3 Å². The van der Waals surface area contributed by atoms with Crippen molar-refractivity contribution in [1.82, 2.24) is 15.0 Å². The fraction of sp³-hybridized carbons (Fsp3) is 0.100. The third-order valence-electron chi connectivity index (χ3n) is 1.89. The molecule has 0 spiro atoms. The number of H-pyrrole nitrogens is 1. The van der Waals surface area contributed by atoms with Crippen LogP contribution in [0.1, 0.15) is 5.69 Å². The number of pyridine rings is 1. The SMILES string of the molecule is Cc1cc(-c2cc(=S)nc[nH]2)ccn1. The number of aromatic amines is 1. The molecule has 0 aliphatic heterocycles. The maximum Gasteiger partial charge on any atom is 0.130 e. The molecule has 2 heterocycles. The van der Waals surface area contributed by atoms with Gasteiger partial charge < -0.3 is 4.98 Å². The Kier molecular flexibility index (Phi) is 2.37. The molecule has 0 aromatic carbocycles. The molecule has 2 aromatic heterocycles. The van der Waals surface area contributed by atoms with Crippen molar-refractivity contribution in [1.29, 1.82) is 0 Å². The van der Waals surface area contributed by atoms with Gasteiger partial charge in [-0.15, -0.1) is 0 Å². The number of hydrogen-bond donors (Lipinski definition) is 1.